The van der Waals surface area contributed by atoms with Crippen LogP contribution in [0, 0.1) is 0 Å². The predicted molar refractivity (Wildman–Crippen MR) is 101 cm³/mol. The second kappa shape index (κ2) is 9.85. The topological polar surface area (TPSA) is 75.3 Å². The average molecular weight is 467 g/mol. The molecule has 2 heterocycles. The third-order valence-electron chi connectivity index (χ3n) is 4.76. The van der Waals surface area contributed by atoms with Crippen LogP contribution in [-0.4, -0.2) is 65.9 Å². The molecule has 1 N–H and O–H groups in total. The molecular formula is C16H23Cl4NO6. The smallest absolute Gasteiger partial charge is 0.407 e. The van der Waals surface area contributed by atoms with Gasteiger partial charge in [-0.1, -0.05) is 54.1 Å². The molecule has 1 amide bonds. The van der Waals surface area contributed by atoms with E-state index in [1.807, 2.05) is 0 Å². The van der Waals surface area contributed by atoms with Crippen LogP contribution in [0.3, 0.4) is 0 Å². The molecule has 7 nitrogen and oxygen atoms in total. The van der Waals surface area contributed by atoms with Gasteiger partial charge in [0.2, 0.25) is 10.1 Å². The summed E-state index contributed by atoms with van der Waals surface area (Å²) in [6.07, 6.45) is 0.779. The Hall–Kier alpha value is 0.270. The maximum Gasteiger partial charge on any atom is 0.407 e. The first-order valence-electron chi connectivity index (χ1n) is 9.02. The fourth-order valence-corrected chi connectivity index (χ4v) is 3.91. The van der Waals surface area contributed by atoms with Crippen molar-refractivity contribution in [3.63, 3.8) is 0 Å². The molecule has 2 aliphatic heterocycles. The molecule has 0 radical (unpaired) electrons. The fraction of sp³-hybridized carbons (Fsp3) is 0.938. The summed E-state index contributed by atoms with van der Waals surface area (Å²) >= 11 is 23.4. The van der Waals surface area contributed by atoms with Crippen molar-refractivity contribution in [2.24, 2.45) is 0 Å². The number of fused-ring (bicyclic) bond motifs is 1. The lowest BCUT2D eigenvalue weighted by molar-refractivity contribution is -0.242. The molecule has 0 spiro atoms. The molecule has 3 rings (SSSR count). The van der Waals surface area contributed by atoms with E-state index in [2.05, 4.69) is 5.32 Å². The molecule has 3 aliphatic rings. The van der Waals surface area contributed by atoms with Gasteiger partial charge in [0.15, 0.2) is 12.4 Å². The summed E-state index contributed by atoms with van der Waals surface area (Å²) in [5, 5.41) is 2.89. The van der Waals surface area contributed by atoms with E-state index in [1.54, 1.807) is 0 Å². The lowest BCUT2D eigenvalue weighted by atomic mass is 9.96. The number of hydrogen-bond acceptors (Lipinski definition) is 6. The summed E-state index contributed by atoms with van der Waals surface area (Å²) in [5.74, 6) is 0.287. The van der Waals surface area contributed by atoms with Crippen molar-refractivity contribution in [2.75, 3.05) is 19.1 Å². The maximum absolute atomic E-state index is 12.3. The highest BCUT2D eigenvalue weighted by molar-refractivity contribution is 6.67. The summed E-state index contributed by atoms with van der Waals surface area (Å²) < 4.78 is 26.3. The first kappa shape index (κ1) is 22.0. The molecule has 3 fully saturated rings. The van der Waals surface area contributed by atoms with Crippen LogP contribution in [0.1, 0.15) is 32.1 Å². The second-order valence-electron chi connectivity index (χ2n) is 6.76. The number of carbonyl (C=O) groups is 1. The van der Waals surface area contributed by atoms with Gasteiger partial charge in [-0.15, -0.1) is 11.6 Å². The van der Waals surface area contributed by atoms with Gasteiger partial charge in [0.25, 0.3) is 0 Å². The average Bonchev–Trinajstić information content (AvgIpc) is 3.08. The molecule has 1 saturated carbocycles. The maximum atomic E-state index is 12.3. The molecule has 2 saturated heterocycles. The van der Waals surface area contributed by atoms with Crippen LogP contribution < -0.4 is 5.32 Å². The van der Waals surface area contributed by atoms with Gasteiger partial charge in [-0.05, 0) is 12.8 Å². The van der Waals surface area contributed by atoms with Crippen molar-refractivity contribution in [1.29, 1.82) is 0 Å². The van der Waals surface area contributed by atoms with Gasteiger partial charge < -0.3 is 29.0 Å². The highest BCUT2D eigenvalue weighted by atomic mass is 35.6. The van der Waals surface area contributed by atoms with Gasteiger partial charge >= 0.3 is 6.09 Å². The summed E-state index contributed by atoms with van der Waals surface area (Å²) in [5.41, 5.74) is 0. The van der Waals surface area contributed by atoms with Gasteiger partial charge in [-0.3, -0.25) is 0 Å². The number of rotatable bonds is 5. The Labute approximate surface area is 178 Å². The standard InChI is InChI=1S/C16H23Cl4NO6/c17-6-7-23-13-12-11(26-14(27-12)16(18,19)20)10(8-24-13)25-15(22)21-9-4-2-1-3-5-9/h9-14H,1-8H2,(H,21,22)/t10-,11+,12+,13+,14+/m1/s1. The lowest BCUT2D eigenvalue weighted by Crippen LogP contribution is -2.54. The summed E-state index contributed by atoms with van der Waals surface area (Å²) in [4.78, 5) is 12.3. The Kier molecular flexibility index (Phi) is 8.01. The predicted octanol–water partition coefficient (Wildman–Crippen LogP) is 3.51. The fourth-order valence-electron chi connectivity index (χ4n) is 3.51. The normalized spacial score (nSPS) is 34.9. The van der Waals surface area contributed by atoms with E-state index in [4.69, 9.17) is 70.1 Å². The zero-order valence-electron chi connectivity index (χ0n) is 14.6. The van der Waals surface area contributed by atoms with Gasteiger partial charge in [-0.25, -0.2) is 4.79 Å². The summed E-state index contributed by atoms with van der Waals surface area (Å²) in [7, 11) is 0. The number of halogens is 4. The Morgan fingerprint density at radius 3 is 2.48 bits per heavy atom. The molecule has 5 atom stereocenters. The van der Waals surface area contributed by atoms with Crippen LogP contribution in [0.4, 0.5) is 4.79 Å². The minimum Gasteiger partial charge on any atom is -0.441 e. The van der Waals surface area contributed by atoms with Crippen molar-refractivity contribution in [1.82, 2.24) is 5.32 Å². The molecule has 1 aliphatic carbocycles. The Morgan fingerprint density at radius 1 is 1.11 bits per heavy atom. The van der Waals surface area contributed by atoms with E-state index < -0.39 is 40.8 Å². The van der Waals surface area contributed by atoms with Gasteiger partial charge in [0.05, 0.1) is 13.2 Å². The molecular weight excluding hydrogens is 444 g/mol. The quantitative estimate of drug-likeness (QED) is 0.625. The first-order chi connectivity index (χ1) is 12.9. The number of alkyl carbamates (subject to hydrolysis) is 1. The van der Waals surface area contributed by atoms with Crippen molar-refractivity contribution >= 4 is 52.5 Å². The number of amides is 1. The van der Waals surface area contributed by atoms with Crippen LogP contribution in [0.5, 0.6) is 0 Å². The van der Waals surface area contributed by atoms with E-state index >= 15 is 0 Å². The van der Waals surface area contributed by atoms with Crippen LogP contribution in [-0.2, 0) is 23.7 Å². The third-order valence-corrected chi connectivity index (χ3v) is 5.45. The molecule has 11 heteroatoms. The molecule has 0 aromatic carbocycles. The Bertz CT molecular complexity index is 502. The number of alkyl halides is 4. The van der Waals surface area contributed by atoms with Gasteiger partial charge in [0.1, 0.15) is 12.2 Å². The summed E-state index contributed by atoms with van der Waals surface area (Å²) in [6.45, 7) is 0.326. The van der Waals surface area contributed by atoms with Crippen LogP contribution >= 0.6 is 46.4 Å². The van der Waals surface area contributed by atoms with E-state index in [-0.39, 0.29) is 25.1 Å². The van der Waals surface area contributed by atoms with Crippen molar-refractivity contribution in [2.45, 2.75) is 72.8 Å². The molecule has 156 valence electrons. The highest BCUT2D eigenvalue weighted by Crippen LogP contribution is 2.42. The Morgan fingerprint density at radius 2 is 1.81 bits per heavy atom. The number of hydrogen-bond donors (Lipinski definition) is 1. The zero-order valence-corrected chi connectivity index (χ0v) is 17.6. The zero-order chi connectivity index (χ0) is 19.4. The minimum atomic E-state index is -1.80. The minimum absolute atomic E-state index is 0.0716. The molecule has 0 bridgehead atoms. The molecule has 27 heavy (non-hydrogen) atoms. The highest BCUT2D eigenvalue weighted by Gasteiger charge is 2.55. The molecule has 0 aromatic heterocycles. The summed E-state index contributed by atoms with van der Waals surface area (Å²) in [6, 6.07) is 0.126. The van der Waals surface area contributed by atoms with Crippen LogP contribution in [0.15, 0.2) is 0 Å². The van der Waals surface area contributed by atoms with E-state index in [0.29, 0.717) is 0 Å². The molecule has 0 aromatic rings. The number of ether oxygens (including phenoxy) is 5. The number of nitrogens with one attached hydrogen (secondary N) is 1. The lowest BCUT2D eigenvalue weighted by Gasteiger charge is -2.36. The van der Waals surface area contributed by atoms with E-state index in [9.17, 15) is 4.79 Å². The van der Waals surface area contributed by atoms with Crippen LogP contribution in [0.25, 0.3) is 0 Å². The monoisotopic (exact) mass is 465 g/mol. The van der Waals surface area contributed by atoms with Crippen molar-refractivity contribution in [3.8, 4) is 0 Å². The second-order valence-corrected chi connectivity index (χ2v) is 9.51. The van der Waals surface area contributed by atoms with E-state index in [1.165, 1.54) is 6.42 Å². The number of carbonyl (C=O) groups excluding carboxylic acids is 1. The molecule has 0 unspecified atom stereocenters. The third kappa shape index (κ3) is 5.89. The van der Waals surface area contributed by atoms with Crippen molar-refractivity contribution in [3.05, 3.63) is 0 Å². The van der Waals surface area contributed by atoms with Gasteiger partial charge in [0, 0.05) is 11.9 Å². The largest absolute Gasteiger partial charge is 0.441 e. The van der Waals surface area contributed by atoms with Crippen LogP contribution in [0.2, 0.25) is 0 Å². The first-order valence-corrected chi connectivity index (χ1v) is 10.7. The van der Waals surface area contributed by atoms with E-state index in [0.717, 1.165) is 25.7 Å². The van der Waals surface area contributed by atoms with Crippen molar-refractivity contribution < 1.29 is 28.5 Å². The Balaban J connectivity index is 1.61. The SMILES string of the molecule is O=C(NC1CCCCC1)O[C@@H]1CO[C@H](OCCCl)[C@H]2O[C@@H](C(Cl)(Cl)Cl)O[C@H]21. The van der Waals surface area contributed by atoms with Gasteiger partial charge in [-0.2, -0.15) is 0 Å².